The first-order valence-corrected chi connectivity index (χ1v) is 9.02. The number of aromatic nitrogens is 3. The van der Waals surface area contributed by atoms with Crippen molar-refractivity contribution in [1.82, 2.24) is 20.1 Å². The summed E-state index contributed by atoms with van der Waals surface area (Å²) in [5.41, 5.74) is 0.625. The molecule has 24 heavy (non-hydrogen) atoms. The molecule has 1 N–H and O–H groups in total. The van der Waals surface area contributed by atoms with E-state index in [1.54, 1.807) is 0 Å². The van der Waals surface area contributed by atoms with Crippen molar-refractivity contribution in [3.8, 4) is 0 Å². The van der Waals surface area contributed by atoms with E-state index >= 15 is 0 Å². The monoisotopic (exact) mass is 344 g/mol. The predicted molar refractivity (Wildman–Crippen MR) is 92.0 cm³/mol. The molecule has 4 rings (SSSR count). The van der Waals surface area contributed by atoms with Gasteiger partial charge < -0.3 is 9.88 Å². The number of aryl methyl sites for hydroxylation is 1. The molecular formula is C18H21ClN4O. The Morgan fingerprint density at radius 3 is 2.92 bits per heavy atom. The van der Waals surface area contributed by atoms with Crippen LogP contribution in [0, 0.1) is 0 Å². The van der Waals surface area contributed by atoms with E-state index in [1.807, 2.05) is 24.3 Å². The molecule has 0 saturated heterocycles. The first-order chi connectivity index (χ1) is 11.7. The number of fused-ring (bicyclic) bond motifs is 1. The first kappa shape index (κ1) is 15.6. The lowest BCUT2D eigenvalue weighted by Gasteiger charge is -2.40. The Morgan fingerprint density at radius 1 is 1.29 bits per heavy atom. The van der Waals surface area contributed by atoms with Gasteiger partial charge in [0.25, 0.3) is 0 Å². The highest BCUT2D eigenvalue weighted by Crippen LogP contribution is 2.44. The molecule has 0 unspecified atom stereocenters. The van der Waals surface area contributed by atoms with Gasteiger partial charge >= 0.3 is 0 Å². The van der Waals surface area contributed by atoms with Crippen molar-refractivity contribution in [1.29, 1.82) is 0 Å². The molecule has 1 aromatic carbocycles. The van der Waals surface area contributed by atoms with Crippen LogP contribution in [0.25, 0.3) is 0 Å². The van der Waals surface area contributed by atoms with Gasteiger partial charge in [0.2, 0.25) is 5.91 Å². The topological polar surface area (TPSA) is 59.8 Å². The van der Waals surface area contributed by atoms with Gasteiger partial charge in [0.05, 0.1) is 5.41 Å². The molecule has 0 atom stereocenters. The van der Waals surface area contributed by atoms with Gasteiger partial charge in [-0.3, -0.25) is 4.79 Å². The molecule has 126 valence electrons. The van der Waals surface area contributed by atoms with Gasteiger partial charge in [0.15, 0.2) is 0 Å². The van der Waals surface area contributed by atoms with E-state index in [4.69, 9.17) is 11.6 Å². The zero-order valence-corrected chi connectivity index (χ0v) is 14.4. The van der Waals surface area contributed by atoms with Gasteiger partial charge in [0.1, 0.15) is 11.6 Å². The largest absolute Gasteiger partial charge is 0.355 e. The normalized spacial score (nSPS) is 18.0. The number of amides is 1. The lowest BCUT2D eigenvalue weighted by atomic mass is 9.64. The molecule has 1 amide bonds. The quantitative estimate of drug-likeness (QED) is 0.907. The number of nitrogens with one attached hydrogen (secondary N) is 1. The highest BCUT2D eigenvalue weighted by atomic mass is 35.5. The molecule has 6 heteroatoms. The zero-order chi connectivity index (χ0) is 16.6. The molecule has 2 heterocycles. The van der Waals surface area contributed by atoms with Crippen LogP contribution in [-0.2, 0) is 29.6 Å². The minimum atomic E-state index is -0.405. The second kappa shape index (κ2) is 6.20. The molecule has 2 aliphatic rings. The van der Waals surface area contributed by atoms with Crippen LogP contribution in [0.2, 0.25) is 5.02 Å². The Balaban J connectivity index is 1.41. The molecule has 1 aliphatic heterocycles. The first-order valence-electron chi connectivity index (χ1n) is 8.64. The number of hydrogen-bond donors (Lipinski definition) is 1. The van der Waals surface area contributed by atoms with Gasteiger partial charge in [-0.1, -0.05) is 30.2 Å². The maximum atomic E-state index is 12.8. The third-order valence-corrected chi connectivity index (χ3v) is 5.57. The maximum absolute atomic E-state index is 12.8. The lowest BCUT2D eigenvalue weighted by molar-refractivity contribution is -0.129. The second-order valence-electron chi connectivity index (χ2n) is 6.74. The Labute approximate surface area is 146 Å². The molecule has 1 aliphatic carbocycles. The minimum absolute atomic E-state index is 0.108. The van der Waals surface area contributed by atoms with Gasteiger partial charge in [0, 0.05) is 31.0 Å². The molecule has 5 nitrogen and oxygen atoms in total. The van der Waals surface area contributed by atoms with Crippen molar-refractivity contribution in [3.05, 3.63) is 46.5 Å². The van der Waals surface area contributed by atoms with Crippen molar-refractivity contribution < 1.29 is 4.79 Å². The summed E-state index contributed by atoms with van der Waals surface area (Å²) in [6.07, 6.45) is 5.74. The third-order valence-electron chi connectivity index (χ3n) is 5.34. The summed E-state index contributed by atoms with van der Waals surface area (Å²) >= 11 is 6.11. The van der Waals surface area contributed by atoms with Gasteiger partial charge in [-0.25, -0.2) is 0 Å². The van der Waals surface area contributed by atoms with Crippen LogP contribution in [0.4, 0.5) is 0 Å². The van der Waals surface area contributed by atoms with Crippen LogP contribution in [0.3, 0.4) is 0 Å². The Kier molecular flexibility index (Phi) is 4.04. The van der Waals surface area contributed by atoms with Gasteiger partial charge in [-0.15, -0.1) is 10.2 Å². The number of carbonyl (C=O) groups is 1. The number of nitrogens with zero attached hydrogens (tertiary/aromatic N) is 3. The summed E-state index contributed by atoms with van der Waals surface area (Å²) in [5, 5.41) is 12.3. The predicted octanol–water partition coefficient (Wildman–Crippen LogP) is 2.66. The van der Waals surface area contributed by atoms with E-state index in [1.165, 1.54) is 0 Å². The van der Waals surface area contributed by atoms with Gasteiger partial charge in [-0.2, -0.15) is 0 Å². The van der Waals surface area contributed by atoms with Crippen molar-refractivity contribution in [3.63, 3.8) is 0 Å². The zero-order valence-electron chi connectivity index (χ0n) is 13.6. The van der Waals surface area contributed by atoms with Crippen LogP contribution >= 0.6 is 11.6 Å². The maximum Gasteiger partial charge on any atom is 0.230 e. The highest BCUT2D eigenvalue weighted by Gasteiger charge is 2.45. The lowest BCUT2D eigenvalue weighted by Crippen LogP contribution is -2.49. The standard InChI is InChI=1S/C18H21ClN4O/c19-14-5-1-4-13(12-14)18(8-3-9-18)17(24)20-10-7-16-22-21-15-6-2-11-23(15)16/h1,4-5,12H,2-3,6-11H2,(H,20,24). The molecule has 2 aromatic rings. The van der Waals surface area contributed by atoms with E-state index in [9.17, 15) is 4.79 Å². The van der Waals surface area contributed by atoms with Crippen molar-refractivity contribution in [2.45, 2.75) is 50.5 Å². The van der Waals surface area contributed by atoms with E-state index in [2.05, 4.69) is 20.1 Å². The van der Waals surface area contributed by atoms with Crippen LogP contribution in [0.1, 0.15) is 42.9 Å². The van der Waals surface area contributed by atoms with E-state index in [0.717, 1.165) is 62.3 Å². The van der Waals surface area contributed by atoms with Crippen LogP contribution in [0.15, 0.2) is 24.3 Å². The van der Waals surface area contributed by atoms with Crippen molar-refractivity contribution in [2.75, 3.05) is 6.54 Å². The fourth-order valence-corrected chi connectivity index (χ4v) is 4.01. The average molecular weight is 345 g/mol. The van der Waals surface area contributed by atoms with Crippen LogP contribution in [-0.4, -0.2) is 27.2 Å². The number of hydrogen-bond acceptors (Lipinski definition) is 3. The Hall–Kier alpha value is -1.88. The number of benzene rings is 1. The summed E-state index contributed by atoms with van der Waals surface area (Å²) in [6, 6.07) is 7.70. The number of carbonyl (C=O) groups excluding carboxylic acids is 1. The second-order valence-corrected chi connectivity index (χ2v) is 7.18. The molecule has 1 aromatic heterocycles. The van der Waals surface area contributed by atoms with E-state index in [-0.39, 0.29) is 5.91 Å². The van der Waals surface area contributed by atoms with E-state index in [0.29, 0.717) is 11.6 Å². The summed E-state index contributed by atoms with van der Waals surface area (Å²) in [4.78, 5) is 12.8. The number of rotatable bonds is 5. The van der Waals surface area contributed by atoms with Crippen molar-refractivity contribution >= 4 is 17.5 Å². The summed E-state index contributed by atoms with van der Waals surface area (Å²) in [5.74, 6) is 2.16. The van der Waals surface area contributed by atoms with Crippen LogP contribution < -0.4 is 5.32 Å². The smallest absolute Gasteiger partial charge is 0.230 e. The molecular weight excluding hydrogens is 324 g/mol. The molecule has 0 spiro atoms. The summed E-state index contributed by atoms with van der Waals surface area (Å²) in [6.45, 7) is 1.59. The molecule has 1 fully saturated rings. The highest BCUT2D eigenvalue weighted by molar-refractivity contribution is 6.30. The fraction of sp³-hybridized carbons (Fsp3) is 0.500. The van der Waals surface area contributed by atoms with E-state index < -0.39 is 5.41 Å². The SMILES string of the molecule is O=C(NCCc1nnc2n1CCC2)C1(c2cccc(Cl)c2)CCC1. The van der Waals surface area contributed by atoms with Crippen molar-refractivity contribution in [2.24, 2.45) is 0 Å². The average Bonchev–Trinajstić information content (AvgIpc) is 3.11. The molecule has 0 bridgehead atoms. The number of halogens is 1. The Morgan fingerprint density at radius 2 is 2.17 bits per heavy atom. The van der Waals surface area contributed by atoms with Crippen LogP contribution in [0.5, 0.6) is 0 Å². The summed E-state index contributed by atoms with van der Waals surface area (Å²) < 4.78 is 2.18. The minimum Gasteiger partial charge on any atom is -0.355 e. The molecule has 1 saturated carbocycles. The summed E-state index contributed by atoms with van der Waals surface area (Å²) in [7, 11) is 0. The Bertz CT molecular complexity index is 766. The third kappa shape index (κ3) is 2.61. The molecule has 0 radical (unpaired) electrons. The van der Waals surface area contributed by atoms with Gasteiger partial charge in [-0.05, 0) is 37.0 Å². The fourth-order valence-electron chi connectivity index (χ4n) is 3.82.